The van der Waals surface area contributed by atoms with Crippen LogP contribution in [0.25, 0.3) is 0 Å². The Kier molecular flexibility index (Phi) is 6.84. The molecule has 4 unspecified atom stereocenters. The summed E-state index contributed by atoms with van der Waals surface area (Å²) in [4.78, 5) is 30.0. The average Bonchev–Trinajstić information content (AvgIpc) is 3.31. The Bertz CT molecular complexity index is 832. The van der Waals surface area contributed by atoms with Gasteiger partial charge in [0.15, 0.2) is 0 Å². The normalized spacial score (nSPS) is 33.0. The second kappa shape index (κ2) is 9.17. The molecule has 0 bridgehead atoms. The zero-order valence-electron chi connectivity index (χ0n) is 19.4. The predicted molar refractivity (Wildman–Crippen MR) is 119 cm³/mol. The molecule has 2 N–H and O–H groups in total. The summed E-state index contributed by atoms with van der Waals surface area (Å²) in [6.07, 6.45) is 3.64. The van der Waals surface area contributed by atoms with Crippen molar-refractivity contribution in [2.75, 3.05) is 46.9 Å². The van der Waals surface area contributed by atoms with Crippen LogP contribution in [0.4, 0.5) is 4.79 Å². The number of hydrogen-bond acceptors (Lipinski definition) is 7. The number of carbonyl (C=O) groups is 2. The third-order valence-electron chi connectivity index (χ3n) is 7.42. The number of hydrogen-bond donors (Lipinski definition) is 2. The smallest absolute Gasteiger partial charge is 0.326 e. The number of urea groups is 1. The first kappa shape index (κ1) is 23.9. The van der Waals surface area contributed by atoms with Gasteiger partial charge in [-0.15, -0.1) is 0 Å². The fraction of sp³-hybridized carbons (Fsp3) is 0.905. The summed E-state index contributed by atoms with van der Waals surface area (Å²) in [5.41, 5.74) is 2.89. The molecule has 3 amide bonds. The molecule has 0 aromatic rings. The number of rotatable bonds is 9. The molecule has 0 aromatic heterocycles. The van der Waals surface area contributed by atoms with Crippen LogP contribution >= 0.6 is 0 Å². The number of carbonyl (C=O) groups excluding carboxylic acids is 2. The Morgan fingerprint density at radius 2 is 2.00 bits per heavy atom. The molecule has 4 aliphatic rings. The monoisotopic (exact) mass is 471 g/mol. The molecule has 0 spiro atoms. The summed E-state index contributed by atoms with van der Waals surface area (Å²) in [6, 6.07) is -0.484. The summed E-state index contributed by atoms with van der Waals surface area (Å²) in [7, 11) is 0.0576. The van der Waals surface area contributed by atoms with Crippen LogP contribution in [0, 0.1) is 11.8 Å². The predicted octanol–water partition coefficient (Wildman–Crippen LogP) is 0.363. The fourth-order valence-corrected chi connectivity index (χ4v) is 7.30. The van der Waals surface area contributed by atoms with Gasteiger partial charge in [-0.2, -0.15) is 0 Å². The van der Waals surface area contributed by atoms with Crippen molar-refractivity contribution in [3.63, 3.8) is 0 Å². The second-order valence-corrected chi connectivity index (χ2v) is 12.2. The lowest BCUT2D eigenvalue weighted by molar-refractivity contribution is -0.141. The Morgan fingerprint density at radius 3 is 2.62 bits per heavy atom. The van der Waals surface area contributed by atoms with E-state index in [0.717, 1.165) is 19.4 Å². The Balaban J connectivity index is 1.52. The Labute approximate surface area is 191 Å². The maximum Gasteiger partial charge on any atom is 0.326 e. The van der Waals surface area contributed by atoms with Crippen molar-refractivity contribution in [1.82, 2.24) is 25.0 Å². The molecule has 10 nitrogen and oxygen atoms in total. The van der Waals surface area contributed by atoms with E-state index in [9.17, 15) is 18.0 Å². The zero-order chi connectivity index (χ0) is 23.1. The van der Waals surface area contributed by atoms with E-state index < -0.39 is 21.2 Å². The number of nitrogens with one attached hydrogen (secondary N) is 2. The van der Waals surface area contributed by atoms with Crippen LogP contribution in [0.15, 0.2) is 0 Å². The maximum atomic E-state index is 13.5. The fourth-order valence-electron chi connectivity index (χ4n) is 5.33. The van der Waals surface area contributed by atoms with Crippen LogP contribution in [0.2, 0.25) is 0 Å². The summed E-state index contributed by atoms with van der Waals surface area (Å²) in [5.74, 6) is -0.537. The molecule has 2 saturated carbocycles. The Hall–Kier alpha value is -1.27. The van der Waals surface area contributed by atoms with E-state index in [4.69, 9.17) is 4.74 Å². The van der Waals surface area contributed by atoms with Gasteiger partial charge in [-0.25, -0.2) is 22.9 Å². The van der Waals surface area contributed by atoms with Crippen LogP contribution in [0.3, 0.4) is 0 Å². The zero-order valence-corrected chi connectivity index (χ0v) is 20.2. The van der Waals surface area contributed by atoms with Crippen molar-refractivity contribution in [1.29, 1.82) is 0 Å². The van der Waals surface area contributed by atoms with Crippen molar-refractivity contribution in [3.8, 4) is 0 Å². The molecular weight excluding hydrogens is 434 g/mol. The molecule has 4 rings (SSSR count). The Morgan fingerprint density at radius 1 is 1.25 bits per heavy atom. The van der Waals surface area contributed by atoms with Crippen LogP contribution in [-0.2, 0) is 19.6 Å². The first-order valence-corrected chi connectivity index (χ1v) is 13.3. The van der Waals surface area contributed by atoms with E-state index >= 15 is 0 Å². The molecule has 2 saturated heterocycles. The van der Waals surface area contributed by atoms with E-state index in [1.54, 1.807) is 12.0 Å². The third-order valence-corrected chi connectivity index (χ3v) is 9.51. The van der Waals surface area contributed by atoms with E-state index in [-0.39, 0.29) is 35.9 Å². The van der Waals surface area contributed by atoms with Gasteiger partial charge in [-0.1, -0.05) is 0 Å². The molecule has 4 atom stereocenters. The number of imide groups is 1. The lowest BCUT2D eigenvalue weighted by Crippen LogP contribution is -2.65. The molecule has 4 fully saturated rings. The molecule has 2 aliphatic carbocycles. The van der Waals surface area contributed by atoms with Gasteiger partial charge in [0, 0.05) is 64.4 Å². The molecular formula is C21H37N5O5S. The van der Waals surface area contributed by atoms with Gasteiger partial charge in [-0.05, 0) is 45.4 Å². The number of ether oxygens (including phenoxy) is 1. The highest BCUT2D eigenvalue weighted by atomic mass is 32.2. The first-order chi connectivity index (χ1) is 15.1. The first-order valence-electron chi connectivity index (χ1n) is 11.7. The van der Waals surface area contributed by atoms with Gasteiger partial charge >= 0.3 is 6.03 Å². The minimum absolute atomic E-state index is 0.157. The van der Waals surface area contributed by atoms with Crippen molar-refractivity contribution in [2.45, 2.75) is 62.3 Å². The molecule has 0 radical (unpaired) electrons. The number of amides is 3. The number of sulfonamides is 1. The molecule has 2 heterocycles. The minimum Gasteiger partial charge on any atom is -0.385 e. The molecule has 0 aromatic carbocycles. The number of fused-ring (bicyclic) bond motifs is 1. The average molecular weight is 472 g/mol. The second-order valence-electron chi connectivity index (χ2n) is 10.2. The standard InChI is InChI=1S/C21H37N5O5S/c1-21(7-8-21)23-32(29,30)16-5-6-18-17(11-16)19(27)26(14-15-12-22-24(2)13-15)20(28)25(18)9-4-10-31-3/h15-18,22-23H,4-14H2,1-3H3. The van der Waals surface area contributed by atoms with E-state index in [0.29, 0.717) is 45.5 Å². The van der Waals surface area contributed by atoms with E-state index in [2.05, 4.69) is 10.1 Å². The molecule has 32 heavy (non-hydrogen) atoms. The summed E-state index contributed by atoms with van der Waals surface area (Å²) < 4.78 is 34.1. The van der Waals surface area contributed by atoms with Crippen LogP contribution in [0.5, 0.6) is 0 Å². The van der Waals surface area contributed by atoms with Crippen LogP contribution in [-0.4, -0.2) is 98.9 Å². The van der Waals surface area contributed by atoms with Crippen LogP contribution < -0.4 is 10.1 Å². The van der Waals surface area contributed by atoms with Crippen LogP contribution in [0.1, 0.15) is 45.4 Å². The topological polar surface area (TPSA) is 111 Å². The highest BCUT2D eigenvalue weighted by Crippen LogP contribution is 2.40. The minimum atomic E-state index is -3.51. The van der Waals surface area contributed by atoms with Gasteiger partial charge in [-0.3, -0.25) is 15.1 Å². The maximum absolute atomic E-state index is 13.5. The lowest BCUT2D eigenvalue weighted by atomic mass is 9.80. The van der Waals surface area contributed by atoms with Gasteiger partial charge in [0.2, 0.25) is 15.9 Å². The van der Waals surface area contributed by atoms with E-state index in [1.165, 1.54) is 4.90 Å². The quantitative estimate of drug-likeness (QED) is 0.467. The van der Waals surface area contributed by atoms with Crippen molar-refractivity contribution < 1.29 is 22.7 Å². The van der Waals surface area contributed by atoms with Gasteiger partial charge in [0.05, 0.1) is 11.2 Å². The summed E-state index contributed by atoms with van der Waals surface area (Å²) in [5, 5.41) is 1.37. The third kappa shape index (κ3) is 4.96. The highest BCUT2D eigenvalue weighted by Gasteiger charge is 2.52. The molecule has 182 valence electrons. The molecule has 11 heteroatoms. The number of nitrogens with zero attached hydrogens (tertiary/aromatic N) is 3. The SMILES string of the molecule is COCCCN1C(=O)N(CC2CNN(C)C2)C(=O)C2CC(S(=O)(=O)NC3(C)CC3)CCC21. The number of methoxy groups -OCH3 is 1. The summed E-state index contributed by atoms with van der Waals surface area (Å²) in [6.45, 7) is 4.79. The highest BCUT2D eigenvalue weighted by molar-refractivity contribution is 7.90. The van der Waals surface area contributed by atoms with E-state index in [1.807, 2.05) is 19.0 Å². The van der Waals surface area contributed by atoms with Crippen molar-refractivity contribution >= 4 is 22.0 Å². The van der Waals surface area contributed by atoms with Gasteiger partial charge in [0.25, 0.3) is 0 Å². The van der Waals surface area contributed by atoms with Gasteiger partial charge < -0.3 is 9.64 Å². The van der Waals surface area contributed by atoms with Crippen molar-refractivity contribution in [2.24, 2.45) is 11.8 Å². The van der Waals surface area contributed by atoms with Crippen molar-refractivity contribution in [3.05, 3.63) is 0 Å². The number of hydrazine groups is 1. The lowest BCUT2D eigenvalue weighted by Gasteiger charge is -2.48. The summed E-state index contributed by atoms with van der Waals surface area (Å²) >= 11 is 0. The largest absolute Gasteiger partial charge is 0.385 e. The molecule has 2 aliphatic heterocycles. The van der Waals surface area contributed by atoms with Gasteiger partial charge in [0.1, 0.15) is 0 Å².